The van der Waals surface area contributed by atoms with E-state index in [2.05, 4.69) is 26.1 Å². The van der Waals surface area contributed by atoms with Gasteiger partial charge in [0.05, 0.1) is 0 Å². The Labute approximate surface area is 89.7 Å². The second-order valence-electron chi connectivity index (χ2n) is 4.90. The van der Waals surface area contributed by atoms with Gasteiger partial charge in [-0.3, -0.25) is 0 Å². The minimum atomic E-state index is 0.930. The van der Waals surface area contributed by atoms with Crippen LogP contribution in [0, 0.1) is 17.8 Å². The number of rotatable bonds is 5. The normalized spacial score (nSPS) is 30.2. The maximum absolute atomic E-state index is 3.53. The molecule has 0 heterocycles. The van der Waals surface area contributed by atoms with Crippen LogP contribution in [0.2, 0.25) is 0 Å². The van der Waals surface area contributed by atoms with Crippen molar-refractivity contribution >= 4 is 0 Å². The molecule has 0 spiro atoms. The maximum Gasteiger partial charge on any atom is -0.00179 e. The van der Waals surface area contributed by atoms with Crippen molar-refractivity contribution in [2.45, 2.75) is 52.9 Å². The minimum absolute atomic E-state index is 0.930. The Morgan fingerprint density at radius 2 is 1.93 bits per heavy atom. The summed E-state index contributed by atoms with van der Waals surface area (Å²) in [6.45, 7) is 9.37. The number of hydrogen-bond acceptors (Lipinski definition) is 1. The van der Waals surface area contributed by atoms with Gasteiger partial charge in [0.25, 0.3) is 0 Å². The van der Waals surface area contributed by atoms with E-state index < -0.39 is 0 Å². The third-order valence-electron chi connectivity index (χ3n) is 4.00. The highest BCUT2D eigenvalue weighted by Gasteiger charge is 2.27. The smallest absolute Gasteiger partial charge is 0.00179 e. The van der Waals surface area contributed by atoms with E-state index in [1.54, 1.807) is 0 Å². The highest BCUT2D eigenvalue weighted by molar-refractivity contribution is 4.80. The van der Waals surface area contributed by atoms with E-state index in [1.165, 1.54) is 38.6 Å². The van der Waals surface area contributed by atoms with Crippen LogP contribution in [0.1, 0.15) is 52.9 Å². The van der Waals surface area contributed by atoms with Gasteiger partial charge >= 0.3 is 0 Å². The fourth-order valence-corrected chi connectivity index (χ4v) is 2.87. The molecule has 14 heavy (non-hydrogen) atoms. The van der Waals surface area contributed by atoms with Crippen molar-refractivity contribution in [3.63, 3.8) is 0 Å². The first kappa shape index (κ1) is 12.0. The van der Waals surface area contributed by atoms with Crippen molar-refractivity contribution in [3.8, 4) is 0 Å². The monoisotopic (exact) mass is 197 g/mol. The lowest BCUT2D eigenvalue weighted by atomic mass is 9.72. The average molecular weight is 197 g/mol. The lowest BCUT2D eigenvalue weighted by Gasteiger charge is -2.35. The molecule has 3 atom stereocenters. The predicted octanol–water partition coefficient (Wildman–Crippen LogP) is 3.45. The molecule has 1 saturated carbocycles. The minimum Gasteiger partial charge on any atom is -0.317 e. The van der Waals surface area contributed by atoms with Crippen LogP contribution in [0.25, 0.3) is 0 Å². The largest absolute Gasteiger partial charge is 0.317 e. The van der Waals surface area contributed by atoms with Gasteiger partial charge in [0.15, 0.2) is 0 Å². The van der Waals surface area contributed by atoms with Crippen molar-refractivity contribution < 1.29 is 0 Å². The molecule has 1 rings (SSSR count). The van der Waals surface area contributed by atoms with Crippen molar-refractivity contribution in [1.29, 1.82) is 0 Å². The van der Waals surface area contributed by atoms with Crippen LogP contribution in [0.3, 0.4) is 0 Å². The molecule has 1 aliphatic rings. The van der Waals surface area contributed by atoms with Crippen LogP contribution >= 0.6 is 0 Å². The van der Waals surface area contributed by atoms with E-state index in [0.717, 1.165) is 24.3 Å². The lowest BCUT2D eigenvalue weighted by molar-refractivity contribution is 0.164. The molecule has 0 bridgehead atoms. The average Bonchev–Trinajstić information content (AvgIpc) is 2.25. The summed E-state index contributed by atoms with van der Waals surface area (Å²) in [4.78, 5) is 0. The first-order valence-corrected chi connectivity index (χ1v) is 6.50. The standard InChI is InChI=1S/C13H27N/c1-4-11(3)13-9-7-6-8-12(13)10-14-5-2/h11-14H,4-10H2,1-3H3. The van der Waals surface area contributed by atoms with Crippen LogP contribution in [0.4, 0.5) is 0 Å². The third-order valence-corrected chi connectivity index (χ3v) is 4.00. The van der Waals surface area contributed by atoms with Gasteiger partial charge in [0.1, 0.15) is 0 Å². The Morgan fingerprint density at radius 3 is 2.57 bits per heavy atom. The molecule has 0 amide bonds. The second kappa shape index (κ2) is 6.44. The Morgan fingerprint density at radius 1 is 1.21 bits per heavy atom. The van der Waals surface area contributed by atoms with Gasteiger partial charge in [-0.15, -0.1) is 0 Å². The van der Waals surface area contributed by atoms with Gasteiger partial charge in [-0.1, -0.05) is 40.0 Å². The van der Waals surface area contributed by atoms with Crippen LogP contribution in [-0.4, -0.2) is 13.1 Å². The van der Waals surface area contributed by atoms with Gasteiger partial charge in [0.2, 0.25) is 0 Å². The van der Waals surface area contributed by atoms with Crippen molar-refractivity contribution in [2.24, 2.45) is 17.8 Å². The highest BCUT2D eigenvalue weighted by Crippen LogP contribution is 2.35. The number of nitrogens with one attached hydrogen (secondary N) is 1. The van der Waals surface area contributed by atoms with Crippen LogP contribution in [0.5, 0.6) is 0 Å². The Bertz CT molecular complexity index is 144. The SMILES string of the molecule is CCNCC1CCCCC1C(C)CC. The zero-order chi connectivity index (χ0) is 10.4. The highest BCUT2D eigenvalue weighted by atomic mass is 14.8. The van der Waals surface area contributed by atoms with Crippen molar-refractivity contribution in [3.05, 3.63) is 0 Å². The third kappa shape index (κ3) is 3.27. The first-order chi connectivity index (χ1) is 6.79. The summed E-state index contributed by atoms with van der Waals surface area (Å²) in [6.07, 6.45) is 7.22. The van der Waals surface area contributed by atoms with E-state index in [9.17, 15) is 0 Å². The van der Waals surface area contributed by atoms with E-state index in [4.69, 9.17) is 0 Å². The van der Waals surface area contributed by atoms with E-state index in [-0.39, 0.29) is 0 Å². The summed E-state index contributed by atoms with van der Waals surface area (Å²) in [6, 6.07) is 0. The van der Waals surface area contributed by atoms with Crippen LogP contribution in [0.15, 0.2) is 0 Å². The summed E-state index contributed by atoms with van der Waals surface area (Å²) in [5.41, 5.74) is 0. The zero-order valence-electron chi connectivity index (χ0n) is 10.2. The quantitative estimate of drug-likeness (QED) is 0.712. The molecule has 0 aromatic carbocycles. The van der Waals surface area contributed by atoms with Gasteiger partial charge in [-0.2, -0.15) is 0 Å². The van der Waals surface area contributed by atoms with Gasteiger partial charge < -0.3 is 5.32 Å². The lowest BCUT2D eigenvalue weighted by Crippen LogP contribution is -2.33. The molecular formula is C13H27N. The molecule has 84 valence electrons. The number of hydrogen-bond donors (Lipinski definition) is 1. The molecule has 0 aromatic heterocycles. The summed E-state index contributed by atoms with van der Waals surface area (Å²) in [5.74, 6) is 2.88. The van der Waals surface area contributed by atoms with Gasteiger partial charge in [0, 0.05) is 0 Å². The Hall–Kier alpha value is -0.0400. The topological polar surface area (TPSA) is 12.0 Å². The van der Waals surface area contributed by atoms with Crippen LogP contribution < -0.4 is 5.32 Å². The first-order valence-electron chi connectivity index (χ1n) is 6.50. The van der Waals surface area contributed by atoms with Crippen LogP contribution in [-0.2, 0) is 0 Å². The molecule has 1 N–H and O–H groups in total. The van der Waals surface area contributed by atoms with Gasteiger partial charge in [-0.05, 0) is 43.7 Å². The summed E-state index contributed by atoms with van der Waals surface area (Å²) in [7, 11) is 0. The van der Waals surface area contributed by atoms with E-state index in [1.807, 2.05) is 0 Å². The maximum atomic E-state index is 3.53. The van der Waals surface area contributed by atoms with E-state index >= 15 is 0 Å². The Balaban J connectivity index is 2.41. The van der Waals surface area contributed by atoms with Crippen molar-refractivity contribution in [2.75, 3.05) is 13.1 Å². The molecule has 3 unspecified atom stereocenters. The zero-order valence-corrected chi connectivity index (χ0v) is 10.2. The molecule has 0 saturated heterocycles. The second-order valence-corrected chi connectivity index (χ2v) is 4.90. The Kier molecular flexibility index (Phi) is 5.54. The fourth-order valence-electron chi connectivity index (χ4n) is 2.87. The molecule has 1 fully saturated rings. The summed E-state index contributed by atoms with van der Waals surface area (Å²) >= 11 is 0. The summed E-state index contributed by atoms with van der Waals surface area (Å²) < 4.78 is 0. The molecule has 0 aliphatic heterocycles. The molecular weight excluding hydrogens is 170 g/mol. The predicted molar refractivity (Wildman–Crippen MR) is 63.4 cm³/mol. The molecule has 0 aromatic rings. The van der Waals surface area contributed by atoms with Gasteiger partial charge in [-0.25, -0.2) is 0 Å². The summed E-state index contributed by atoms with van der Waals surface area (Å²) in [5, 5.41) is 3.53. The molecule has 1 heteroatoms. The fraction of sp³-hybridized carbons (Fsp3) is 1.00. The van der Waals surface area contributed by atoms with Crippen molar-refractivity contribution in [1.82, 2.24) is 5.32 Å². The van der Waals surface area contributed by atoms with E-state index in [0.29, 0.717) is 0 Å². The molecule has 0 radical (unpaired) electrons. The molecule has 1 nitrogen and oxygen atoms in total. The molecule has 1 aliphatic carbocycles.